The maximum Gasteiger partial charge on any atom is 0.261 e. The lowest BCUT2D eigenvalue weighted by atomic mass is 9.95. The van der Waals surface area contributed by atoms with Gasteiger partial charge in [0.25, 0.3) is 5.91 Å². The zero-order chi connectivity index (χ0) is 21.3. The molecule has 2 aromatic carbocycles. The molecule has 8 heteroatoms. The van der Waals surface area contributed by atoms with E-state index in [9.17, 15) is 18.0 Å². The molecule has 0 fully saturated rings. The molecule has 0 saturated heterocycles. The molecule has 1 amide bonds. The lowest BCUT2D eigenvalue weighted by Gasteiger charge is -2.31. The van der Waals surface area contributed by atoms with Crippen LogP contribution in [0.4, 0.5) is 18.9 Å². The third kappa shape index (κ3) is 4.23. The molecule has 2 aromatic rings. The lowest BCUT2D eigenvalue weighted by molar-refractivity contribution is 0.101. The predicted octanol–water partition coefficient (Wildman–Crippen LogP) is 4.94. The molecule has 4 nitrogen and oxygen atoms in total. The first kappa shape index (κ1) is 20.5. The van der Waals surface area contributed by atoms with Crippen molar-refractivity contribution < 1.29 is 18.0 Å². The molecule has 0 aromatic heterocycles. The first-order chi connectivity index (χ1) is 14.4. The summed E-state index contributed by atoms with van der Waals surface area (Å²) in [6.07, 6.45) is 0.955. The van der Waals surface area contributed by atoms with Gasteiger partial charge in [0.2, 0.25) is 0 Å². The SMILES string of the molecule is CC1=C(c2ccc(NC(=O)c3c(F)cc(F)cc3F)cc2)CN(C2=NCCS2)CC1. The fourth-order valence-corrected chi connectivity index (χ4v) is 4.47. The van der Waals surface area contributed by atoms with Crippen LogP contribution in [0.5, 0.6) is 0 Å². The lowest BCUT2D eigenvalue weighted by Crippen LogP contribution is -2.34. The first-order valence-electron chi connectivity index (χ1n) is 9.59. The number of amides is 1. The number of carbonyl (C=O) groups is 1. The number of halogens is 3. The van der Waals surface area contributed by atoms with E-state index in [-0.39, 0.29) is 0 Å². The monoisotopic (exact) mass is 431 g/mol. The Morgan fingerprint density at radius 2 is 1.83 bits per heavy atom. The molecule has 0 saturated carbocycles. The zero-order valence-corrected chi connectivity index (χ0v) is 17.2. The van der Waals surface area contributed by atoms with Crippen LogP contribution in [0.15, 0.2) is 47.0 Å². The fourth-order valence-electron chi connectivity index (χ4n) is 3.58. The van der Waals surface area contributed by atoms with Gasteiger partial charge in [-0.05, 0) is 36.6 Å². The fraction of sp³-hybridized carbons (Fsp3) is 0.273. The highest BCUT2D eigenvalue weighted by atomic mass is 32.2. The van der Waals surface area contributed by atoms with Crippen molar-refractivity contribution in [3.8, 4) is 0 Å². The van der Waals surface area contributed by atoms with Crippen molar-refractivity contribution in [2.24, 2.45) is 4.99 Å². The maximum absolute atomic E-state index is 13.8. The van der Waals surface area contributed by atoms with Gasteiger partial charge >= 0.3 is 0 Å². The van der Waals surface area contributed by atoms with Crippen LogP contribution in [0, 0.1) is 17.5 Å². The number of amidine groups is 1. The molecule has 0 unspecified atom stereocenters. The van der Waals surface area contributed by atoms with Crippen LogP contribution in [0.2, 0.25) is 0 Å². The smallest absolute Gasteiger partial charge is 0.261 e. The van der Waals surface area contributed by atoms with Crippen molar-refractivity contribution in [2.75, 3.05) is 30.7 Å². The van der Waals surface area contributed by atoms with Gasteiger partial charge in [-0.25, -0.2) is 13.2 Å². The van der Waals surface area contributed by atoms with Crippen molar-refractivity contribution in [1.82, 2.24) is 4.90 Å². The van der Waals surface area contributed by atoms with Crippen LogP contribution >= 0.6 is 11.8 Å². The molecule has 156 valence electrons. The van der Waals surface area contributed by atoms with Crippen molar-refractivity contribution in [3.63, 3.8) is 0 Å². The Balaban J connectivity index is 1.49. The van der Waals surface area contributed by atoms with Crippen LogP contribution in [0.25, 0.3) is 5.57 Å². The second-order valence-electron chi connectivity index (χ2n) is 7.22. The van der Waals surface area contributed by atoms with Gasteiger partial charge in [-0.3, -0.25) is 9.79 Å². The minimum Gasteiger partial charge on any atom is -0.347 e. The van der Waals surface area contributed by atoms with Gasteiger partial charge in [0.15, 0.2) is 5.17 Å². The maximum atomic E-state index is 13.8. The summed E-state index contributed by atoms with van der Waals surface area (Å²) in [5.74, 6) is -3.49. The number of nitrogens with one attached hydrogen (secondary N) is 1. The Bertz CT molecular complexity index is 1030. The quantitative estimate of drug-likeness (QED) is 0.749. The highest BCUT2D eigenvalue weighted by molar-refractivity contribution is 8.14. The Morgan fingerprint density at radius 3 is 2.47 bits per heavy atom. The minimum atomic E-state index is -1.24. The summed E-state index contributed by atoms with van der Waals surface area (Å²) >= 11 is 1.78. The van der Waals surface area contributed by atoms with Crippen LogP contribution in [-0.4, -0.2) is 41.4 Å². The first-order valence-corrected chi connectivity index (χ1v) is 10.6. The molecule has 1 N–H and O–H groups in total. The third-order valence-corrected chi connectivity index (χ3v) is 6.22. The average molecular weight is 431 g/mol. The van der Waals surface area contributed by atoms with Gasteiger partial charge in [-0.1, -0.05) is 29.5 Å². The summed E-state index contributed by atoms with van der Waals surface area (Å²) < 4.78 is 40.7. The number of hydrogen-bond acceptors (Lipinski definition) is 4. The number of aliphatic imine (C=N–C) groups is 1. The van der Waals surface area contributed by atoms with E-state index in [0.717, 1.165) is 42.5 Å². The van der Waals surface area contributed by atoms with Gasteiger partial charge in [0.05, 0.1) is 6.54 Å². The van der Waals surface area contributed by atoms with E-state index < -0.39 is 28.9 Å². The Kier molecular flexibility index (Phi) is 5.85. The van der Waals surface area contributed by atoms with E-state index in [2.05, 4.69) is 22.1 Å². The van der Waals surface area contributed by atoms with Gasteiger partial charge in [0, 0.05) is 36.7 Å². The number of thioether (sulfide) groups is 1. The highest BCUT2D eigenvalue weighted by Gasteiger charge is 2.23. The van der Waals surface area contributed by atoms with Crippen LogP contribution in [-0.2, 0) is 0 Å². The van der Waals surface area contributed by atoms with Crippen molar-refractivity contribution in [1.29, 1.82) is 0 Å². The molecular weight excluding hydrogens is 411 g/mol. The predicted molar refractivity (Wildman–Crippen MR) is 114 cm³/mol. The van der Waals surface area contributed by atoms with Gasteiger partial charge in [-0.15, -0.1) is 0 Å². The molecule has 0 bridgehead atoms. The number of rotatable bonds is 3. The number of nitrogens with zero attached hydrogens (tertiary/aromatic N) is 2. The molecule has 4 rings (SSSR count). The molecule has 0 spiro atoms. The standard InChI is InChI=1S/C22H20F3N3OS/c1-13-6-8-28(22-26-7-9-30-22)12-17(13)14-2-4-16(5-3-14)27-21(29)20-18(24)10-15(23)11-19(20)25/h2-5,10-11H,6-9,12H2,1H3,(H,27,29). The summed E-state index contributed by atoms with van der Waals surface area (Å²) in [5.41, 5.74) is 3.13. The summed E-state index contributed by atoms with van der Waals surface area (Å²) in [6, 6.07) is 8.09. The summed E-state index contributed by atoms with van der Waals surface area (Å²) in [7, 11) is 0. The van der Waals surface area contributed by atoms with Crippen LogP contribution < -0.4 is 5.32 Å². The molecular formula is C22H20F3N3OS. The highest BCUT2D eigenvalue weighted by Crippen LogP contribution is 2.30. The molecule has 2 heterocycles. The van der Waals surface area contributed by atoms with Crippen molar-refractivity contribution in [2.45, 2.75) is 13.3 Å². The summed E-state index contributed by atoms with van der Waals surface area (Å²) in [4.78, 5) is 19.1. The van der Waals surface area contributed by atoms with E-state index in [0.29, 0.717) is 17.8 Å². The van der Waals surface area contributed by atoms with E-state index >= 15 is 0 Å². The average Bonchev–Trinajstić information content (AvgIpc) is 3.23. The zero-order valence-electron chi connectivity index (χ0n) is 16.3. The van der Waals surface area contributed by atoms with Crippen molar-refractivity contribution in [3.05, 3.63) is 70.5 Å². The minimum absolute atomic E-state index is 0.397. The molecule has 0 aliphatic carbocycles. The number of carbonyl (C=O) groups excluding carboxylic acids is 1. The Hall–Kier alpha value is -2.74. The van der Waals surface area contributed by atoms with E-state index in [1.165, 1.54) is 11.1 Å². The van der Waals surface area contributed by atoms with E-state index in [1.54, 1.807) is 23.9 Å². The Morgan fingerprint density at radius 1 is 1.13 bits per heavy atom. The largest absolute Gasteiger partial charge is 0.347 e. The number of benzene rings is 2. The normalized spacial score (nSPS) is 16.7. The van der Waals surface area contributed by atoms with E-state index in [4.69, 9.17) is 0 Å². The Labute approximate surface area is 176 Å². The number of anilines is 1. The topological polar surface area (TPSA) is 44.7 Å². The molecule has 0 radical (unpaired) electrons. The van der Waals surface area contributed by atoms with Gasteiger partial charge in [0.1, 0.15) is 23.0 Å². The molecule has 0 atom stereocenters. The number of hydrogen-bond donors (Lipinski definition) is 1. The third-order valence-electron chi connectivity index (χ3n) is 5.19. The summed E-state index contributed by atoms with van der Waals surface area (Å²) in [5, 5.41) is 3.55. The van der Waals surface area contributed by atoms with Gasteiger partial charge < -0.3 is 10.2 Å². The summed E-state index contributed by atoms with van der Waals surface area (Å²) in [6.45, 7) is 4.70. The van der Waals surface area contributed by atoms with E-state index in [1.807, 2.05) is 12.1 Å². The van der Waals surface area contributed by atoms with Gasteiger partial charge in [-0.2, -0.15) is 0 Å². The molecule has 2 aliphatic heterocycles. The van der Waals surface area contributed by atoms with Crippen LogP contribution in [0.1, 0.15) is 29.3 Å². The second-order valence-corrected chi connectivity index (χ2v) is 8.28. The van der Waals surface area contributed by atoms with Crippen LogP contribution in [0.3, 0.4) is 0 Å². The second kappa shape index (κ2) is 8.55. The van der Waals surface area contributed by atoms with Crippen molar-refractivity contribution >= 4 is 34.1 Å². The molecule has 2 aliphatic rings. The molecule has 30 heavy (non-hydrogen) atoms.